The maximum absolute atomic E-state index is 10.2. The van der Waals surface area contributed by atoms with E-state index in [2.05, 4.69) is 5.32 Å². The summed E-state index contributed by atoms with van der Waals surface area (Å²) in [6.07, 6.45) is -2.14. The lowest BCUT2D eigenvalue weighted by Gasteiger charge is -2.09. The van der Waals surface area contributed by atoms with Crippen molar-refractivity contribution in [2.45, 2.75) is 18.2 Å². The van der Waals surface area contributed by atoms with Crippen LogP contribution < -0.4 is 5.32 Å². The number of carboxylic acid groups (broad SMARTS) is 1. The number of carbonyl (C=O) groups is 1. The van der Waals surface area contributed by atoms with Crippen LogP contribution in [0.1, 0.15) is 0 Å². The summed E-state index contributed by atoms with van der Waals surface area (Å²) >= 11 is 0. The molecule has 1 aliphatic heterocycles. The van der Waals surface area contributed by atoms with E-state index in [-0.39, 0.29) is 6.54 Å². The lowest BCUT2D eigenvalue weighted by molar-refractivity contribution is -0.142. The van der Waals surface area contributed by atoms with E-state index >= 15 is 0 Å². The van der Waals surface area contributed by atoms with Crippen molar-refractivity contribution >= 4 is 5.97 Å². The number of rotatable bonds is 1. The van der Waals surface area contributed by atoms with Crippen molar-refractivity contribution in [3.63, 3.8) is 0 Å². The smallest absolute Gasteiger partial charge is 0.323 e. The van der Waals surface area contributed by atoms with Crippen LogP contribution in [0.5, 0.6) is 0 Å². The molecule has 1 fully saturated rings. The van der Waals surface area contributed by atoms with Crippen molar-refractivity contribution in [2.75, 3.05) is 6.54 Å². The van der Waals surface area contributed by atoms with Gasteiger partial charge in [0.1, 0.15) is 12.1 Å². The average Bonchev–Trinajstić information content (AvgIpc) is 2.14. The van der Waals surface area contributed by atoms with E-state index in [0.717, 1.165) is 0 Å². The number of hydrogen-bond donors (Lipinski definition) is 4. The minimum atomic E-state index is -1.18. The van der Waals surface area contributed by atoms with Crippen LogP contribution in [0.4, 0.5) is 0 Å². The Balaban J connectivity index is 2.57. The predicted molar refractivity (Wildman–Crippen MR) is 31.4 cm³/mol. The van der Waals surface area contributed by atoms with Crippen molar-refractivity contribution in [1.82, 2.24) is 5.32 Å². The van der Waals surface area contributed by atoms with E-state index in [1.54, 1.807) is 0 Å². The summed E-state index contributed by atoms with van der Waals surface area (Å²) in [5, 5.41) is 28.6. The SMILES string of the molecule is O=C(O)[C@H]1NCC(O)C1O. The molecule has 4 N–H and O–H groups in total. The number of nitrogens with one attached hydrogen (secondary N) is 1. The number of aliphatic hydroxyl groups excluding tert-OH is 2. The van der Waals surface area contributed by atoms with Gasteiger partial charge in [0.2, 0.25) is 0 Å². The number of carboxylic acids is 1. The van der Waals surface area contributed by atoms with Gasteiger partial charge in [-0.2, -0.15) is 0 Å². The second-order valence-corrected chi connectivity index (χ2v) is 2.28. The van der Waals surface area contributed by atoms with E-state index in [1.807, 2.05) is 0 Å². The van der Waals surface area contributed by atoms with E-state index in [0.29, 0.717) is 0 Å². The van der Waals surface area contributed by atoms with Crippen LogP contribution in [-0.2, 0) is 4.79 Å². The van der Waals surface area contributed by atoms with Gasteiger partial charge < -0.3 is 15.3 Å². The molecule has 0 saturated carbocycles. The Hall–Kier alpha value is -0.650. The van der Waals surface area contributed by atoms with Gasteiger partial charge in [0.05, 0.1) is 6.10 Å². The number of β-amino-alcohol motifs (C(OH)–C–C–N with tert-alkyl or cyclic N) is 1. The molecule has 1 rings (SSSR count). The van der Waals surface area contributed by atoms with Gasteiger partial charge in [0, 0.05) is 6.54 Å². The van der Waals surface area contributed by atoms with Gasteiger partial charge in [-0.05, 0) is 0 Å². The van der Waals surface area contributed by atoms with Crippen LogP contribution in [0.2, 0.25) is 0 Å². The molecule has 1 aliphatic rings. The van der Waals surface area contributed by atoms with Crippen molar-refractivity contribution in [3.8, 4) is 0 Å². The summed E-state index contributed by atoms with van der Waals surface area (Å²) in [6, 6.07) is -1.02. The first kappa shape index (κ1) is 7.46. The molecule has 58 valence electrons. The van der Waals surface area contributed by atoms with Crippen molar-refractivity contribution < 1.29 is 20.1 Å². The Morgan fingerprint density at radius 2 is 2.10 bits per heavy atom. The van der Waals surface area contributed by atoms with Crippen molar-refractivity contribution in [2.24, 2.45) is 0 Å². The standard InChI is InChI=1S/C5H9NO4/c7-2-1-6-3(4(2)8)5(9)10/h2-4,6-8H,1H2,(H,9,10)/t2?,3-,4?/m0/s1. The van der Waals surface area contributed by atoms with Gasteiger partial charge in [0.25, 0.3) is 0 Å². The first-order valence-corrected chi connectivity index (χ1v) is 2.95. The summed E-state index contributed by atoms with van der Waals surface area (Å²) in [6.45, 7) is 0.137. The van der Waals surface area contributed by atoms with Gasteiger partial charge in [0.15, 0.2) is 0 Å². The molecule has 0 aromatic carbocycles. The summed E-state index contributed by atoms with van der Waals surface area (Å²) < 4.78 is 0. The largest absolute Gasteiger partial charge is 0.480 e. The molecule has 10 heavy (non-hydrogen) atoms. The molecular weight excluding hydrogens is 138 g/mol. The fourth-order valence-corrected chi connectivity index (χ4v) is 0.945. The van der Waals surface area contributed by atoms with Crippen molar-refractivity contribution in [1.29, 1.82) is 0 Å². The first-order chi connectivity index (χ1) is 4.63. The Morgan fingerprint density at radius 3 is 2.30 bits per heavy atom. The zero-order valence-corrected chi connectivity index (χ0v) is 5.19. The summed E-state index contributed by atoms with van der Waals surface area (Å²) in [5.41, 5.74) is 0. The average molecular weight is 147 g/mol. The predicted octanol–water partition coefficient (Wildman–Crippen LogP) is -2.24. The molecule has 5 nitrogen and oxygen atoms in total. The Kier molecular flexibility index (Phi) is 1.89. The molecule has 0 aromatic heterocycles. The van der Waals surface area contributed by atoms with E-state index in [4.69, 9.17) is 15.3 Å². The third kappa shape index (κ3) is 1.11. The van der Waals surface area contributed by atoms with Crippen LogP contribution in [0, 0.1) is 0 Å². The van der Waals surface area contributed by atoms with Crippen LogP contribution in [0.3, 0.4) is 0 Å². The fraction of sp³-hybridized carbons (Fsp3) is 0.800. The highest BCUT2D eigenvalue weighted by Crippen LogP contribution is 2.06. The fourth-order valence-electron chi connectivity index (χ4n) is 0.945. The maximum atomic E-state index is 10.2. The topological polar surface area (TPSA) is 89.8 Å². The van der Waals surface area contributed by atoms with Crippen molar-refractivity contribution in [3.05, 3.63) is 0 Å². The number of hydrogen-bond acceptors (Lipinski definition) is 4. The lowest BCUT2D eigenvalue weighted by atomic mass is 10.1. The van der Waals surface area contributed by atoms with Gasteiger partial charge in [-0.25, -0.2) is 0 Å². The first-order valence-electron chi connectivity index (χ1n) is 2.95. The molecule has 0 amide bonds. The lowest BCUT2D eigenvalue weighted by Crippen LogP contribution is -2.39. The summed E-state index contributed by atoms with van der Waals surface area (Å²) in [5.74, 6) is -1.14. The van der Waals surface area contributed by atoms with Gasteiger partial charge in [-0.1, -0.05) is 0 Å². The highest BCUT2D eigenvalue weighted by molar-refractivity contribution is 5.74. The monoisotopic (exact) mass is 147 g/mol. The highest BCUT2D eigenvalue weighted by Gasteiger charge is 2.37. The second kappa shape index (κ2) is 2.53. The second-order valence-electron chi connectivity index (χ2n) is 2.28. The summed E-state index contributed by atoms with van der Waals surface area (Å²) in [4.78, 5) is 10.2. The van der Waals surface area contributed by atoms with Crippen LogP contribution >= 0.6 is 0 Å². The molecule has 0 spiro atoms. The van der Waals surface area contributed by atoms with E-state index in [1.165, 1.54) is 0 Å². The number of aliphatic hydroxyl groups is 2. The minimum Gasteiger partial charge on any atom is -0.480 e. The zero-order valence-electron chi connectivity index (χ0n) is 5.19. The van der Waals surface area contributed by atoms with Gasteiger partial charge in [-0.15, -0.1) is 0 Å². The highest BCUT2D eigenvalue weighted by atomic mass is 16.4. The number of aliphatic carboxylic acids is 1. The zero-order chi connectivity index (χ0) is 7.72. The van der Waals surface area contributed by atoms with Crippen LogP contribution in [-0.4, -0.2) is 46.1 Å². The molecule has 2 unspecified atom stereocenters. The molecule has 0 aromatic rings. The molecular formula is C5H9NO4. The normalized spacial score (nSPS) is 40.0. The van der Waals surface area contributed by atoms with Crippen LogP contribution in [0.15, 0.2) is 0 Å². The summed E-state index contributed by atoms with van der Waals surface area (Å²) in [7, 11) is 0. The molecule has 3 atom stereocenters. The van der Waals surface area contributed by atoms with Gasteiger partial charge in [-0.3, -0.25) is 10.1 Å². The molecule has 0 bridgehead atoms. The Bertz CT molecular complexity index is 149. The Labute approximate surface area is 57.3 Å². The van der Waals surface area contributed by atoms with Gasteiger partial charge >= 0.3 is 5.97 Å². The third-order valence-electron chi connectivity index (χ3n) is 1.55. The maximum Gasteiger partial charge on any atom is 0.323 e. The quantitative estimate of drug-likeness (QED) is 0.337. The molecule has 0 radical (unpaired) electrons. The van der Waals surface area contributed by atoms with E-state index in [9.17, 15) is 4.79 Å². The third-order valence-corrected chi connectivity index (χ3v) is 1.55. The minimum absolute atomic E-state index is 0.137. The van der Waals surface area contributed by atoms with Crippen LogP contribution in [0.25, 0.3) is 0 Å². The Morgan fingerprint density at radius 1 is 1.50 bits per heavy atom. The molecule has 1 saturated heterocycles. The molecule has 1 heterocycles. The molecule has 5 heteroatoms. The molecule has 0 aliphatic carbocycles. The van der Waals surface area contributed by atoms with E-state index < -0.39 is 24.2 Å².